The van der Waals surface area contributed by atoms with Crippen LogP contribution in [0.5, 0.6) is 11.5 Å². The molecule has 2 atom stereocenters. The summed E-state index contributed by atoms with van der Waals surface area (Å²) in [5.41, 5.74) is 1.52. The average molecular weight is 367 g/mol. The fourth-order valence-electron chi connectivity index (χ4n) is 5.08. The van der Waals surface area contributed by atoms with Crippen molar-refractivity contribution in [3.63, 3.8) is 0 Å². The van der Waals surface area contributed by atoms with Crippen LogP contribution in [-0.2, 0) is 12.1 Å². The van der Waals surface area contributed by atoms with E-state index in [1.807, 2.05) is 36.4 Å². The number of para-hydroxylation sites is 1. The first-order valence-corrected chi connectivity index (χ1v) is 9.86. The highest BCUT2D eigenvalue weighted by Gasteiger charge is 2.51. The van der Waals surface area contributed by atoms with Crippen LogP contribution in [0.1, 0.15) is 30.4 Å². The van der Waals surface area contributed by atoms with E-state index in [0.29, 0.717) is 0 Å². The lowest BCUT2D eigenvalue weighted by molar-refractivity contribution is -0.148. The summed E-state index contributed by atoms with van der Waals surface area (Å²) in [5, 5.41) is 11.8. The minimum absolute atomic E-state index is 0.258. The van der Waals surface area contributed by atoms with Crippen LogP contribution in [0, 0.1) is 11.8 Å². The van der Waals surface area contributed by atoms with Gasteiger partial charge in [0.1, 0.15) is 11.5 Å². The largest absolute Gasteiger partial charge is 0.497 e. The number of hydrogen-bond acceptors (Lipinski definition) is 4. The number of hydrogen-bond donors (Lipinski definition) is 1. The minimum Gasteiger partial charge on any atom is -0.497 e. The molecular formula is C23H29NO3. The number of rotatable bonds is 5. The van der Waals surface area contributed by atoms with E-state index in [1.165, 1.54) is 12.0 Å². The second-order valence-corrected chi connectivity index (χ2v) is 7.88. The second kappa shape index (κ2) is 7.53. The van der Waals surface area contributed by atoms with Crippen molar-refractivity contribution in [2.75, 3.05) is 27.3 Å². The molecule has 4 rings (SSSR count). The van der Waals surface area contributed by atoms with Crippen molar-refractivity contribution in [3.8, 4) is 11.5 Å². The minimum atomic E-state index is -0.734. The van der Waals surface area contributed by atoms with Gasteiger partial charge in [-0.05, 0) is 36.6 Å². The topological polar surface area (TPSA) is 41.9 Å². The molecule has 1 saturated heterocycles. The molecule has 1 saturated carbocycles. The molecular weight excluding hydrogens is 338 g/mol. The fourth-order valence-corrected chi connectivity index (χ4v) is 5.08. The van der Waals surface area contributed by atoms with Crippen LogP contribution in [0.3, 0.4) is 0 Å². The zero-order valence-electron chi connectivity index (χ0n) is 16.2. The first-order chi connectivity index (χ1) is 13.1. The number of aliphatic hydroxyl groups is 1. The monoisotopic (exact) mass is 367 g/mol. The molecule has 2 aromatic rings. The molecule has 144 valence electrons. The van der Waals surface area contributed by atoms with Crippen LogP contribution in [0.15, 0.2) is 48.5 Å². The van der Waals surface area contributed by atoms with Crippen LogP contribution < -0.4 is 9.47 Å². The van der Waals surface area contributed by atoms with Crippen LogP contribution in [0.4, 0.5) is 0 Å². The number of fused-ring (bicyclic) bond motifs is 2. The van der Waals surface area contributed by atoms with Crippen LogP contribution in [0.25, 0.3) is 0 Å². The number of piperidine rings is 1. The molecule has 4 heteroatoms. The van der Waals surface area contributed by atoms with Gasteiger partial charge in [-0.3, -0.25) is 4.90 Å². The van der Waals surface area contributed by atoms with Crippen molar-refractivity contribution in [2.24, 2.45) is 11.8 Å². The van der Waals surface area contributed by atoms with Gasteiger partial charge in [0.15, 0.2) is 0 Å². The molecule has 0 amide bonds. The number of benzene rings is 2. The van der Waals surface area contributed by atoms with Crippen LogP contribution in [0.2, 0.25) is 0 Å². The van der Waals surface area contributed by atoms with E-state index in [0.717, 1.165) is 49.5 Å². The zero-order chi connectivity index (χ0) is 18.9. The van der Waals surface area contributed by atoms with E-state index in [1.54, 1.807) is 14.2 Å². The van der Waals surface area contributed by atoms with Crippen LogP contribution >= 0.6 is 0 Å². The van der Waals surface area contributed by atoms with Crippen molar-refractivity contribution in [1.29, 1.82) is 0 Å². The second-order valence-electron chi connectivity index (χ2n) is 7.88. The van der Waals surface area contributed by atoms with Crippen molar-refractivity contribution in [3.05, 3.63) is 59.7 Å². The van der Waals surface area contributed by atoms with Gasteiger partial charge >= 0.3 is 0 Å². The standard InChI is InChI=1S/C23H29NO3/c1-26-21-12-10-18(11-13-21)23(25)19-7-5-8-20(23)16-24(15-19)14-17-6-3-4-9-22(17)27-2/h3-4,6,9-13,19-20,25H,5,7-8,14-16H2,1-2H3/t19-,20-/m0/s1. The lowest BCUT2D eigenvalue weighted by Gasteiger charge is -2.53. The molecule has 2 bridgehead atoms. The maximum absolute atomic E-state index is 11.8. The van der Waals surface area contributed by atoms with Crippen molar-refractivity contribution >= 4 is 0 Å². The van der Waals surface area contributed by atoms with E-state index >= 15 is 0 Å². The Bertz CT molecular complexity index is 759. The third kappa shape index (κ3) is 3.32. The van der Waals surface area contributed by atoms with Crippen LogP contribution in [-0.4, -0.2) is 37.3 Å². The highest BCUT2D eigenvalue weighted by Crippen LogP contribution is 2.49. The summed E-state index contributed by atoms with van der Waals surface area (Å²) in [4.78, 5) is 2.49. The molecule has 2 aliphatic rings. The summed E-state index contributed by atoms with van der Waals surface area (Å²) in [6, 6.07) is 16.2. The summed E-state index contributed by atoms with van der Waals surface area (Å²) in [6.07, 6.45) is 3.35. The molecule has 4 nitrogen and oxygen atoms in total. The van der Waals surface area contributed by atoms with Gasteiger partial charge in [-0.25, -0.2) is 0 Å². The normalized spacial score (nSPS) is 28.0. The van der Waals surface area contributed by atoms with Gasteiger partial charge in [0.25, 0.3) is 0 Å². The third-order valence-corrected chi connectivity index (χ3v) is 6.45. The first-order valence-electron chi connectivity index (χ1n) is 9.86. The lowest BCUT2D eigenvalue weighted by Crippen LogP contribution is -2.57. The third-order valence-electron chi connectivity index (χ3n) is 6.45. The van der Waals surface area contributed by atoms with E-state index < -0.39 is 5.60 Å². The van der Waals surface area contributed by atoms with Gasteiger partial charge in [0, 0.05) is 37.0 Å². The van der Waals surface area contributed by atoms with E-state index in [-0.39, 0.29) is 11.8 Å². The number of likely N-dealkylation sites (tertiary alicyclic amines) is 1. The molecule has 2 aromatic carbocycles. The van der Waals surface area contributed by atoms with E-state index in [2.05, 4.69) is 17.0 Å². The number of nitrogens with zero attached hydrogens (tertiary/aromatic N) is 1. The quantitative estimate of drug-likeness (QED) is 0.872. The number of methoxy groups -OCH3 is 2. The van der Waals surface area contributed by atoms with Gasteiger partial charge in [0.2, 0.25) is 0 Å². The van der Waals surface area contributed by atoms with Crippen molar-refractivity contribution < 1.29 is 14.6 Å². The molecule has 2 fully saturated rings. The van der Waals surface area contributed by atoms with Crippen molar-refractivity contribution in [1.82, 2.24) is 4.90 Å². The smallest absolute Gasteiger partial charge is 0.123 e. The molecule has 27 heavy (non-hydrogen) atoms. The molecule has 1 aliphatic heterocycles. The van der Waals surface area contributed by atoms with E-state index in [4.69, 9.17) is 9.47 Å². The molecule has 1 N–H and O–H groups in total. The molecule has 1 aliphatic carbocycles. The average Bonchev–Trinajstić information content (AvgIpc) is 2.69. The predicted octanol–water partition coefficient (Wildman–Crippen LogP) is 3.82. The maximum atomic E-state index is 11.8. The Hall–Kier alpha value is -2.04. The summed E-state index contributed by atoms with van der Waals surface area (Å²) in [7, 11) is 3.40. The Morgan fingerprint density at radius 3 is 2.26 bits per heavy atom. The summed E-state index contributed by atoms with van der Waals surface area (Å²) >= 11 is 0. The molecule has 1 heterocycles. The highest BCUT2D eigenvalue weighted by atomic mass is 16.5. The Morgan fingerprint density at radius 1 is 0.963 bits per heavy atom. The van der Waals surface area contributed by atoms with Gasteiger partial charge in [0.05, 0.1) is 19.8 Å². The highest BCUT2D eigenvalue weighted by molar-refractivity contribution is 5.35. The Kier molecular flexibility index (Phi) is 5.11. The molecule has 0 aromatic heterocycles. The van der Waals surface area contributed by atoms with Gasteiger partial charge in [-0.15, -0.1) is 0 Å². The van der Waals surface area contributed by atoms with Crippen molar-refractivity contribution in [2.45, 2.75) is 31.4 Å². The Balaban J connectivity index is 1.56. The van der Waals surface area contributed by atoms with E-state index in [9.17, 15) is 5.11 Å². The summed E-state index contributed by atoms with van der Waals surface area (Å²) in [5.74, 6) is 2.29. The summed E-state index contributed by atoms with van der Waals surface area (Å²) < 4.78 is 10.8. The Labute approximate surface area is 161 Å². The predicted molar refractivity (Wildman–Crippen MR) is 106 cm³/mol. The maximum Gasteiger partial charge on any atom is 0.123 e. The lowest BCUT2D eigenvalue weighted by atomic mass is 9.62. The molecule has 0 spiro atoms. The summed E-state index contributed by atoms with van der Waals surface area (Å²) in [6.45, 7) is 2.70. The van der Waals surface area contributed by atoms with Gasteiger partial charge < -0.3 is 14.6 Å². The first kappa shape index (κ1) is 18.3. The fraction of sp³-hybridized carbons (Fsp3) is 0.478. The molecule has 0 unspecified atom stereocenters. The number of ether oxygens (including phenoxy) is 2. The van der Waals surface area contributed by atoms with Gasteiger partial charge in [-0.2, -0.15) is 0 Å². The van der Waals surface area contributed by atoms with Gasteiger partial charge in [-0.1, -0.05) is 36.8 Å². The SMILES string of the molecule is COc1ccc(C2(O)[C@H]3CCC[C@H]2CN(Cc2ccccc2OC)C3)cc1. The zero-order valence-corrected chi connectivity index (χ0v) is 16.2. The Morgan fingerprint density at radius 2 is 1.63 bits per heavy atom. The molecule has 0 radical (unpaired) electrons.